The van der Waals surface area contributed by atoms with Crippen molar-refractivity contribution in [2.24, 2.45) is 0 Å². The van der Waals surface area contributed by atoms with E-state index in [0.29, 0.717) is 0 Å². The van der Waals surface area contributed by atoms with Gasteiger partial charge in [0, 0.05) is 6.07 Å². The number of carbonyl (C=O) groups excluding carboxylic acids is 1. The summed E-state index contributed by atoms with van der Waals surface area (Å²) in [5.74, 6) is -0.919. The number of carboxylic acid groups (broad SMARTS) is 1. The molecule has 0 radical (unpaired) electrons. The first-order valence-corrected chi connectivity index (χ1v) is 5.62. The number of anilines is 1. The lowest BCUT2D eigenvalue weighted by Gasteiger charge is -2.07. The molecule has 100 valence electrons. The van der Waals surface area contributed by atoms with E-state index in [-0.39, 0.29) is 24.3 Å². The van der Waals surface area contributed by atoms with Gasteiger partial charge in [0.15, 0.2) is 0 Å². The zero-order valence-electron chi connectivity index (χ0n) is 10.6. The minimum atomic E-state index is -1.01. The fourth-order valence-electron chi connectivity index (χ4n) is 1.13. The second kappa shape index (κ2) is 6.15. The van der Waals surface area contributed by atoms with Crippen LogP contribution in [-0.2, 0) is 9.59 Å². The highest BCUT2D eigenvalue weighted by molar-refractivity contribution is 5.91. The van der Waals surface area contributed by atoms with Crippen LogP contribution in [0.4, 0.5) is 5.88 Å². The molecular weight excluding hydrogens is 238 g/mol. The summed E-state index contributed by atoms with van der Waals surface area (Å²) < 4.78 is 4.92. The Kier molecular flexibility index (Phi) is 4.85. The molecule has 1 heterocycles. The van der Waals surface area contributed by atoms with Gasteiger partial charge in [-0.3, -0.25) is 20.2 Å². The minimum Gasteiger partial charge on any atom is -0.480 e. The van der Waals surface area contributed by atoms with Crippen LogP contribution in [0.25, 0.3) is 0 Å². The van der Waals surface area contributed by atoms with Gasteiger partial charge in [0.25, 0.3) is 0 Å². The van der Waals surface area contributed by atoms with Gasteiger partial charge in [-0.1, -0.05) is 19.0 Å². The molecule has 0 aliphatic heterocycles. The zero-order chi connectivity index (χ0) is 13.7. The first-order chi connectivity index (χ1) is 8.40. The van der Waals surface area contributed by atoms with Gasteiger partial charge < -0.3 is 9.63 Å². The molecule has 0 saturated carbocycles. The highest BCUT2D eigenvalue weighted by Crippen LogP contribution is 2.17. The van der Waals surface area contributed by atoms with Crippen LogP contribution in [0.2, 0.25) is 0 Å². The number of nitrogens with one attached hydrogen (secondary N) is 2. The van der Waals surface area contributed by atoms with Crippen molar-refractivity contribution in [1.82, 2.24) is 10.5 Å². The summed E-state index contributed by atoms with van der Waals surface area (Å²) in [5, 5.41) is 17.5. The van der Waals surface area contributed by atoms with Crippen LogP contribution in [0.15, 0.2) is 10.6 Å². The SMILES string of the molecule is CC(NCC(=O)Nc1cc(C(C)C)no1)C(=O)O. The van der Waals surface area contributed by atoms with E-state index in [2.05, 4.69) is 15.8 Å². The highest BCUT2D eigenvalue weighted by atomic mass is 16.5. The molecule has 1 amide bonds. The van der Waals surface area contributed by atoms with Crippen LogP contribution < -0.4 is 10.6 Å². The lowest BCUT2D eigenvalue weighted by atomic mass is 10.1. The first kappa shape index (κ1) is 14.2. The normalized spacial score (nSPS) is 12.4. The number of amides is 1. The van der Waals surface area contributed by atoms with Gasteiger partial charge in [0.1, 0.15) is 6.04 Å². The topological polar surface area (TPSA) is 104 Å². The van der Waals surface area contributed by atoms with E-state index in [4.69, 9.17) is 9.63 Å². The van der Waals surface area contributed by atoms with Gasteiger partial charge in [-0.05, 0) is 12.8 Å². The Labute approximate surface area is 105 Å². The number of hydrogen-bond donors (Lipinski definition) is 3. The van der Waals surface area contributed by atoms with Crippen LogP contribution in [0.5, 0.6) is 0 Å². The van der Waals surface area contributed by atoms with E-state index in [1.807, 2.05) is 13.8 Å². The summed E-state index contributed by atoms with van der Waals surface area (Å²) in [6, 6.07) is 0.861. The Hall–Kier alpha value is -1.89. The largest absolute Gasteiger partial charge is 0.480 e. The summed E-state index contributed by atoms with van der Waals surface area (Å²) in [7, 11) is 0. The Morgan fingerprint density at radius 3 is 2.61 bits per heavy atom. The van der Waals surface area contributed by atoms with Gasteiger partial charge >= 0.3 is 5.97 Å². The Balaban J connectivity index is 2.42. The number of carboxylic acids is 1. The van der Waals surface area contributed by atoms with Crippen molar-refractivity contribution < 1.29 is 19.2 Å². The molecule has 0 fully saturated rings. The molecule has 0 saturated heterocycles. The Morgan fingerprint density at radius 2 is 2.11 bits per heavy atom. The number of nitrogens with zero attached hydrogens (tertiary/aromatic N) is 1. The molecule has 1 unspecified atom stereocenters. The van der Waals surface area contributed by atoms with Crippen LogP contribution >= 0.6 is 0 Å². The molecular formula is C11H17N3O4. The third-order valence-corrected chi connectivity index (χ3v) is 2.32. The second-order valence-electron chi connectivity index (χ2n) is 4.26. The third-order valence-electron chi connectivity index (χ3n) is 2.32. The van der Waals surface area contributed by atoms with E-state index in [0.717, 1.165) is 5.69 Å². The van der Waals surface area contributed by atoms with Crippen LogP contribution in [-0.4, -0.2) is 34.7 Å². The molecule has 3 N–H and O–H groups in total. The van der Waals surface area contributed by atoms with Gasteiger partial charge in [-0.25, -0.2) is 0 Å². The highest BCUT2D eigenvalue weighted by Gasteiger charge is 2.13. The van der Waals surface area contributed by atoms with E-state index in [9.17, 15) is 9.59 Å². The number of hydrogen-bond acceptors (Lipinski definition) is 5. The van der Waals surface area contributed by atoms with Crippen molar-refractivity contribution in [3.8, 4) is 0 Å². The fraction of sp³-hybridized carbons (Fsp3) is 0.545. The van der Waals surface area contributed by atoms with Crippen molar-refractivity contribution in [3.05, 3.63) is 11.8 Å². The summed E-state index contributed by atoms with van der Waals surface area (Å²) in [6.07, 6.45) is 0. The smallest absolute Gasteiger partial charge is 0.320 e. The molecule has 1 aromatic heterocycles. The molecule has 0 aromatic carbocycles. The van der Waals surface area contributed by atoms with Crippen LogP contribution in [0.1, 0.15) is 32.4 Å². The average molecular weight is 255 g/mol. The van der Waals surface area contributed by atoms with Crippen molar-refractivity contribution in [3.63, 3.8) is 0 Å². The van der Waals surface area contributed by atoms with Crippen molar-refractivity contribution >= 4 is 17.8 Å². The maximum atomic E-state index is 11.5. The molecule has 18 heavy (non-hydrogen) atoms. The van der Waals surface area contributed by atoms with Gasteiger partial charge in [0.05, 0.1) is 12.2 Å². The predicted octanol–water partition coefficient (Wildman–Crippen LogP) is 0.799. The third kappa shape index (κ3) is 4.17. The number of aliphatic carboxylic acids is 1. The second-order valence-corrected chi connectivity index (χ2v) is 4.26. The van der Waals surface area contributed by atoms with E-state index in [1.54, 1.807) is 6.07 Å². The van der Waals surface area contributed by atoms with Gasteiger partial charge in [0.2, 0.25) is 11.8 Å². The molecule has 1 aromatic rings. The Morgan fingerprint density at radius 1 is 1.44 bits per heavy atom. The quantitative estimate of drug-likeness (QED) is 0.694. The summed E-state index contributed by atoms with van der Waals surface area (Å²) in [4.78, 5) is 22.0. The van der Waals surface area contributed by atoms with E-state index < -0.39 is 12.0 Å². The van der Waals surface area contributed by atoms with Crippen LogP contribution in [0, 0.1) is 0 Å². The molecule has 0 aliphatic carbocycles. The van der Waals surface area contributed by atoms with Crippen molar-refractivity contribution in [1.29, 1.82) is 0 Å². The maximum absolute atomic E-state index is 11.5. The number of rotatable bonds is 6. The summed E-state index contributed by atoms with van der Waals surface area (Å²) in [6.45, 7) is 5.27. The summed E-state index contributed by atoms with van der Waals surface area (Å²) in [5.41, 5.74) is 0.747. The molecule has 1 rings (SSSR count). The van der Waals surface area contributed by atoms with Crippen molar-refractivity contribution in [2.75, 3.05) is 11.9 Å². The maximum Gasteiger partial charge on any atom is 0.320 e. The molecule has 7 nitrogen and oxygen atoms in total. The average Bonchev–Trinajstić information content (AvgIpc) is 2.74. The Bertz CT molecular complexity index is 428. The fourth-order valence-corrected chi connectivity index (χ4v) is 1.13. The molecule has 7 heteroatoms. The molecule has 1 atom stereocenters. The van der Waals surface area contributed by atoms with Gasteiger partial charge in [-0.2, -0.15) is 0 Å². The number of aromatic nitrogens is 1. The summed E-state index contributed by atoms with van der Waals surface area (Å²) >= 11 is 0. The lowest BCUT2D eigenvalue weighted by Crippen LogP contribution is -2.39. The molecule has 0 spiro atoms. The molecule has 0 bridgehead atoms. The lowest BCUT2D eigenvalue weighted by molar-refractivity contribution is -0.139. The van der Waals surface area contributed by atoms with Crippen LogP contribution in [0.3, 0.4) is 0 Å². The standard InChI is InChI=1S/C11H17N3O4/c1-6(2)8-4-10(18-14-8)13-9(15)5-12-7(3)11(16)17/h4,6-7,12H,5H2,1-3H3,(H,13,15)(H,16,17). The van der Waals surface area contributed by atoms with Gasteiger partial charge in [-0.15, -0.1) is 0 Å². The zero-order valence-corrected chi connectivity index (χ0v) is 10.6. The monoisotopic (exact) mass is 255 g/mol. The number of carbonyl (C=O) groups is 2. The van der Waals surface area contributed by atoms with E-state index >= 15 is 0 Å². The predicted molar refractivity (Wildman–Crippen MR) is 64.3 cm³/mol. The minimum absolute atomic E-state index is 0.106. The molecule has 0 aliphatic rings. The first-order valence-electron chi connectivity index (χ1n) is 5.62. The van der Waals surface area contributed by atoms with E-state index in [1.165, 1.54) is 6.92 Å². The van der Waals surface area contributed by atoms with Crippen molar-refractivity contribution in [2.45, 2.75) is 32.7 Å².